The van der Waals surface area contributed by atoms with Gasteiger partial charge in [-0.15, -0.1) is 0 Å². The van der Waals surface area contributed by atoms with Gasteiger partial charge in [0, 0.05) is 18.8 Å². The molecular formula is C13H20N2. The summed E-state index contributed by atoms with van der Waals surface area (Å²) in [5.74, 6) is 0. The maximum absolute atomic E-state index is 3.38. The van der Waals surface area contributed by atoms with E-state index in [4.69, 9.17) is 0 Å². The minimum atomic E-state index is 1.00. The number of hydrogen-bond acceptors (Lipinski definition) is 2. The predicted octanol–water partition coefficient (Wildman–Crippen LogP) is 2.40. The van der Waals surface area contributed by atoms with Crippen LogP contribution < -0.4 is 10.2 Å². The lowest BCUT2D eigenvalue weighted by atomic mass is 10.1. The summed E-state index contributed by atoms with van der Waals surface area (Å²) in [4.78, 5) is 2.44. The Morgan fingerprint density at radius 2 is 2.20 bits per heavy atom. The molecular weight excluding hydrogens is 184 g/mol. The predicted molar refractivity (Wildman–Crippen MR) is 65.3 cm³/mol. The summed E-state index contributed by atoms with van der Waals surface area (Å²) in [6.45, 7) is 5.51. The van der Waals surface area contributed by atoms with Crippen LogP contribution in [0.4, 0.5) is 5.69 Å². The number of nitrogens with zero attached hydrogens (tertiary/aromatic N) is 1. The van der Waals surface area contributed by atoms with Crippen LogP contribution in [0.5, 0.6) is 0 Å². The Hall–Kier alpha value is -1.02. The molecule has 1 aliphatic rings. The number of unbranched alkanes of at least 4 members (excludes halogenated alkanes) is 1. The molecule has 2 heteroatoms. The fourth-order valence-corrected chi connectivity index (χ4v) is 2.11. The monoisotopic (exact) mass is 204 g/mol. The molecule has 15 heavy (non-hydrogen) atoms. The second-order valence-electron chi connectivity index (χ2n) is 4.15. The van der Waals surface area contributed by atoms with E-state index in [-0.39, 0.29) is 0 Å². The van der Waals surface area contributed by atoms with Crippen molar-refractivity contribution in [2.45, 2.75) is 26.2 Å². The van der Waals surface area contributed by atoms with Crippen LogP contribution in [0.1, 0.15) is 25.3 Å². The number of aryl methyl sites for hydroxylation is 1. The van der Waals surface area contributed by atoms with Gasteiger partial charge in [0.2, 0.25) is 0 Å². The van der Waals surface area contributed by atoms with Crippen LogP contribution in [0, 0.1) is 0 Å². The van der Waals surface area contributed by atoms with E-state index in [9.17, 15) is 0 Å². The van der Waals surface area contributed by atoms with E-state index in [1.165, 1.54) is 30.5 Å². The summed E-state index contributed by atoms with van der Waals surface area (Å²) in [6, 6.07) is 8.81. The van der Waals surface area contributed by atoms with E-state index in [1.807, 2.05) is 0 Å². The molecule has 0 unspecified atom stereocenters. The van der Waals surface area contributed by atoms with Crippen LogP contribution in [0.3, 0.4) is 0 Å². The van der Waals surface area contributed by atoms with Gasteiger partial charge in [-0.25, -0.2) is 0 Å². The second kappa shape index (κ2) is 5.17. The van der Waals surface area contributed by atoms with Crippen LogP contribution in [-0.4, -0.2) is 19.8 Å². The lowest BCUT2D eigenvalue weighted by Crippen LogP contribution is -2.22. The highest BCUT2D eigenvalue weighted by Crippen LogP contribution is 2.22. The highest BCUT2D eigenvalue weighted by Gasteiger charge is 2.13. The Balaban J connectivity index is 2.13. The highest BCUT2D eigenvalue weighted by atomic mass is 15.3. The molecule has 0 atom stereocenters. The fourth-order valence-electron chi connectivity index (χ4n) is 2.11. The first kappa shape index (κ1) is 10.5. The Morgan fingerprint density at radius 1 is 1.33 bits per heavy atom. The zero-order valence-electron chi connectivity index (χ0n) is 9.50. The summed E-state index contributed by atoms with van der Waals surface area (Å²) in [6.07, 6.45) is 3.77. The third-order valence-corrected chi connectivity index (χ3v) is 2.99. The van der Waals surface area contributed by atoms with Crippen LogP contribution in [0.15, 0.2) is 24.3 Å². The standard InChI is InChI=1S/C13H20N2/c1-2-3-6-12-7-4-5-8-13(12)15-10-9-14-11-15/h4-5,7-8,14H,2-3,6,9-11H2,1H3. The molecule has 82 valence electrons. The molecule has 2 rings (SSSR count). The topological polar surface area (TPSA) is 15.3 Å². The summed E-state index contributed by atoms with van der Waals surface area (Å²) < 4.78 is 0. The molecule has 0 aromatic heterocycles. The Labute approximate surface area is 92.3 Å². The maximum atomic E-state index is 3.38. The number of rotatable bonds is 4. The molecule has 0 radical (unpaired) electrons. The van der Waals surface area contributed by atoms with Crippen molar-refractivity contribution in [2.24, 2.45) is 0 Å². The zero-order chi connectivity index (χ0) is 10.5. The van der Waals surface area contributed by atoms with E-state index >= 15 is 0 Å². The molecule has 1 aromatic rings. The fraction of sp³-hybridized carbons (Fsp3) is 0.538. The van der Waals surface area contributed by atoms with E-state index in [2.05, 4.69) is 41.4 Å². The van der Waals surface area contributed by atoms with Crippen molar-refractivity contribution in [1.82, 2.24) is 5.32 Å². The van der Waals surface area contributed by atoms with Gasteiger partial charge in [0.15, 0.2) is 0 Å². The molecule has 0 saturated carbocycles. The number of hydrogen-bond donors (Lipinski definition) is 1. The first-order chi connectivity index (χ1) is 7.42. The summed E-state index contributed by atoms with van der Waals surface area (Å²) in [5, 5.41) is 3.38. The normalized spacial score (nSPS) is 15.9. The minimum absolute atomic E-state index is 1.00. The van der Waals surface area contributed by atoms with E-state index < -0.39 is 0 Å². The summed E-state index contributed by atoms with van der Waals surface area (Å²) in [5.41, 5.74) is 2.93. The molecule has 1 aromatic carbocycles. The van der Waals surface area contributed by atoms with Crippen LogP contribution in [-0.2, 0) is 6.42 Å². The van der Waals surface area contributed by atoms with Crippen LogP contribution in [0.25, 0.3) is 0 Å². The zero-order valence-corrected chi connectivity index (χ0v) is 9.50. The highest BCUT2D eigenvalue weighted by molar-refractivity contribution is 5.54. The van der Waals surface area contributed by atoms with Crippen molar-refractivity contribution in [3.63, 3.8) is 0 Å². The van der Waals surface area contributed by atoms with Crippen molar-refractivity contribution in [3.05, 3.63) is 29.8 Å². The van der Waals surface area contributed by atoms with Gasteiger partial charge in [0.1, 0.15) is 0 Å². The van der Waals surface area contributed by atoms with Crippen LogP contribution in [0.2, 0.25) is 0 Å². The van der Waals surface area contributed by atoms with Gasteiger partial charge >= 0.3 is 0 Å². The molecule has 2 nitrogen and oxygen atoms in total. The van der Waals surface area contributed by atoms with Gasteiger partial charge in [0.05, 0.1) is 6.67 Å². The number of benzene rings is 1. The van der Waals surface area contributed by atoms with E-state index in [0.29, 0.717) is 0 Å². The third-order valence-electron chi connectivity index (χ3n) is 2.99. The van der Waals surface area contributed by atoms with Gasteiger partial charge in [0.25, 0.3) is 0 Å². The Kier molecular flexibility index (Phi) is 3.62. The van der Waals surface area contributed by atoms with E-state index in [1.54, 1.807) is 0 Å². The smallest absolute Gasteiger partial charge is 0.0683 e. The Bertz CT molecular complexity index is 303. The molecule has 0 bridgehead atoms. The second-order valence-corrected chi connectivity index (χ2v) is 4.15. The number of nitrogens with one attached hydrogen (secondary N) is 1. The van der Waals surface area contributed by atoms with Crippen molar-refractivity contribution < 1.29 is 0 Å². The van der Waals surface area contributed by atoms with Gasteiger partial charge in [-0.05, 0) is 24.5 Å². The quantitative estimate of drug-likeness (QED) is 0.810. The molecule has 1 aliphatic heterocycles. The average molecular weight is 204 g/mol. The molecule has 0 aliphatic carbocycles. The molecule has 1 heterocycles. The van der Waals surface area contributed by atoms with Crippen molar-refractivity contribution in [3.8, 4) is 0 Å². The molecule has 0 amide bonds. The number of para-hydroxylation sites is 1. The average Bonchev–Trinajstić information content (AvgIpc) is 2.80. The Morgan fingerprint density at radius 3 is 2.93 bits per heavy atom. The molecule has 1 saturated heterocycles. The van der Waals surface area contributed by atoms with Gasteiger partial charge in [-0.3, -0.25) is 5.32 Å². The minimum Gasteiger partial charge on any atom is -0.357 e. The molecule has 1 N–H and O–H groups in total. The first-order valence-corrected chi connectivity index (χ1v) is 5.95. The van der Waals surface area contributed by atoms with Gasteiger partial charge in [-0.1, -0.05) is 31.5 Å². The van der Waals surface area contributed by atoms with Crippen LogP contribution >= 0.6 is 0 Å². The summed E-state index contributed by atoms with van der Waals surface area (Å²) in [7, 11) is 0. The molecule has 0 spiro atoms. The number of anilines is 1. The summed E-state index contributed by atoms with van der Waals surface area (Å²) >= 11 is 0. The van der Waals surface area contributed by atoms with Gasteiger partial charge < -0.3 is 4.90 Å². The third kappa shape index (κ3) is 2.51. The lowest BCUT2D eigenvalue weighted by Gasteiger charge is -2.20. The van der Waals surface area contributed by atoms with Crippen molar-refractivity contribution in [1.29, 1.82) is 0 Å². The van der Waals surface area contributed by atoms with Gasteiger partial charge in [-0.2, -0.15) is 0 Å². The largest absolute Gasteiger partial charge is 0.357 e. The maximum Gasteiger partial charge on any atom is 0.0683 e. The lowest BCUT2D eigenvalue weighted by molar-refractivity contribution is 0.788. The molecule has 1 fully saturated rings. The first-order valence-electron chi connectivity index (χ1n) is 5.95. The van der Waals surface area contributed by atoms with Crippen molar-refractivity contribution >= 4 is 5.69 Å². The SMILES string of the molecule is CCCCc1ccccc1N1CCNC1. The van der Waals surface area contributed by atoms with Crippen molar-refractivity contribution in [2.75, 3.05) is 24.7 Å². The van der Waals surface area contributed by atoms with E-state index in [0.717, 1.165) is 19.8 Å².